The third kappa shape index (κ3) is 4.71. The predicted molar refractivity (Wildman–Crippen MR) is 109 cm³/mol. The monoisotopic (exact) mass is 421 g/mol. The molecule has 2 heterocycles. The van der Waals surface area contributed by atoms with E-state index in [0.717, 1.165) is 16.9 Å². The minimum atomic E-state index is -3.87. The molecule has 0 radical (unpaired) electrons. The van der Waals surface area contributed by atoms with Gasteiger partial charge in [0.15, 0.2) is 0 Å². The Hall–Kier alpha value is -2.39. The Bertz CT molecular complexity index is 959. The van der Waals surface area contributed by atoms with E-state index >= 15 is 0 Å². The van der Waals surface area contributed by atoms with Crippen molar-refractivity contribution in [1.82, 2.24) is 10.2 Å². The van der Waals surface area contributed by atoms with E-state index < -0.39 is 15.9 Å². The van der Waals surface area contributed by atoms with Crippen molar-refractivity contribution in [1.29, 1.82) is 0 Å². The normalized spacial score (nSPS) is 15.3. The van der Waals surface area contributed by atoms with E-state index in [0.29, 0.717) is 31.6 Å². The lowest BCUT2D eigenvalue weighted by Gasteiger charge is -2.31. The van der Waals surface area contributed by atoms with Gasteiger partial charge in [-0.3, -0.25) is 14.3 Å². The molecule has 9 heteroatoms. The number of nitrogens with one attached hydrogen (secondary N) is 2. The molecule has 1 saturated heterocycles. The van der Waals surface area contributed by atoms with E-state index in [2.05, 4.69) is 10.0 Å². The predicted octanol–water partition coefficient (Wildman–Crippen LogP) is 2.60. The highest BCUT2D eigenvalue weighted by atomic mass is 32.2. The Kier molecular flexibility index (Phi) is 6.04. The van der Waals surface area contributed by atoms with Crippen molar-refractivity contribution in [2.24, 2.45) is 0 Å². The van der Waals surface area contributed by atoms with Crippen LogP contribution in [0.3, 0.4) is 0 Å². The van der Waals surface area contributed by atoms with E-state index in [4.69, 9.17) is 0 Å². The second-order valence-corrected chi connectivity index (χ2v) is 9.41. The Balaban J connectivity index is 1.69. The molecule has 3 rings (SSSR count). The molecule has 0 unspecified atom stereocenters. The van der Waals surface area contributed by atoms with Crippen molar-refractivity contribution < 1.29 is 18.0 Å². The molecule has 2 amide bonds. The van der Waals surface area contributed by atoms with Gasteiger partial charge < -0.3 is 10.2 Å². The Morgan fingerprint density at radius 3 is 2.36 bits per heavy atom. The zero-order chi connectivity index (χ0) is 20.3. The molecule has 0 aliphatic carbocycles. The van der Waals surface area contributed by atoms with Crippen molar-refractivity contribution in [3.05, 3.63) is 46.2 Å². The number of aryl methyl sites for hydroxylation is 1. The molecular formula is C19H23N3O4S2. The molecule has 1 aliphatic heterocycles. The highest BCUT2D eigenvalue weighted by Crippen LogP contribution is 2.25. The first kappa shape index (κ1) is 20.3. The second kappa shape index (κ2) is 8.32. The van der Waals surface area contributed by atoms with Crippen LogP contribution in [0.5, 0.6) is 0 Å². The number of nitrogens with zero attached hydrogens (tertiary/aromatic N) is 1. The van der Waals surface area contributed by atoms with Crippen LogP contribution in [-0.4, -0.2) is 44.3 Å². The molecule has 1 aliphatic rings. The zero-order valence-electron chi connectivity index (χ0n) is 15.8. The number of amides is 2. The summed E-state index contributed by atoms with van der Waals surface area (Å²) < 4.78 is 28.0. The Morgan fingerprint density at radius 1 is 1.11 bits per heavy atom. The van der Waals surface area contributed by atoms with Gasteiger partial charge in [-0.05, 0) is 43.3 Å². The molecule has 1 fully saturated rings. The smallest absolute Gasteiger partial charge is 0.263 e. The number of rotatable bonds is 5. The lowest BCUT2D eigenvalue weighted by Crippen LogP contribution is -2.46. The van der Waals surface area contributed by atoms with Crippen LogP contribution in [-0.2, 0) is 14.8 Å². The van der Waals surface area contributed by atoms with Crippen LogP contribution in [0.2, 0.25) is 0 Å². The summed E-state index contributed by atoms with van der Waals surface area (Å²) in [7, 11) is -3.87. The maximum absolute atomic E-state index is 12.8. The zero-order valence-corrected chi connectivity index (χ0v) is 17.4. The maximum Gasteiger partial charge on any atom is 0.263 e. The van der Waals surface area contributed by atoms with Gasteiger partial charge in [0.1, 0.15) is 9.77 Å². The number of hydrogen-bond donors (Lipinski definition) is 2. The van der Waals surface area contributed by atoms with Gasteiger partial charge in [0, 0.05) is 31.7 Å². The number of benzene rings is 1. The fourth-order valence-electron chi connectivity index (χ4n) is 3.10. The number of likely N-dealkylation sites (tertiary alicyclic amines) is 1. The molecule has 0 spiro atoms. The summed E-state index contributed by atoms with van der Waals surface area (Å²) in [6.07, 6.45) is 1.31. The third-order valence-corrected chi connectivity index (χ3v) is 7.17. The summed E-state index contributed by atoms with van der Waals surface area (Å²) in [4.78, 5) is 26.0. The summed E-state index contributed by atoms with van der Waals surface area (Å²) in [5.74, 6) is -0.376. The van der Waals surface area contributed by atoms with Crippen LogP contribution in [0, 0.1) is 6.92 Å². The molecule has 7 nitrogen and oxygen atoms in total. The van der Waals surface area contributed by atoms with Crippen LogP contribution >= 0.6 is 11.3 Å². The van der Waals surface area contributed by atoms with Crippen LogP contribution in [0.15, 0.2) is 40.6 Å². The molecule has 0 atom stereocenters. The molecular weight excluding hydrogens is 398 g/mol. The van der Waals surface area contributed by atoms with Crippen LogP contribution in [0.4, 0.5) is 5.69 Å². The highest BCUT2D eigenvalue weighted by Gasteiger charge is 2.27. The lowest BCUT2D eigenvalue weighted by molar-refractivity contribution is -0.129. The number of carbonyl (C=O) groups excluding carboxylic acids is 2. The van der Waals surface area contributed by atoms with E-state index in [9.17, 15) is 18.0 Å². The summed E-state index contributed by atoms with van der Waals surface area (Å²) in [6.45, 7) is 4.62. The largest absolute Gasteiger partial charge is 0.348 e. The second-order valence-electron chi connectivity index (χ2n) is 6.84. The van der Waals surface area contributed by atoms with Crippen molar-refractivity contribution in [3.8, 4) is 0 Å². The van der Waals surface area contributed by atoms with Crippen molar-refractivity contribution >= 4 is 38.9 Å². The van der Waals surface area contributed by atoms with Crippen molar-refractivity contribution in [3.63, 3.8) is 0 Å². The highest BCUT2D eigenvalue weighted by molar-refractivity contribution is 7.93. The number of sulfonamides is 1. The quantitative estimate of drug-likeness (QED) is 0.776. The van der Waals surface area contributed by atoms with Gasteiger partial charge in [-0.15, -0.1) is 11.3 Å². The average molecular weight is 422 g/mol. The first-order valence-electron chi connectivity index (χ1n) is 8.99. The van der Waals surface area contributed by atoms with Crippen LogP contribution < -0.4 is 10.0 Å². The van der Waals surface area contributed by atoms with E-state index in [1.807, 2.05) is 19.1 Å². The summed E-state index contributed by atoms with van der Waals surface area (Å²) in [6, 6.07) is 8.35. The molecule has 0 bridgehead atoms. The number of hydrogen-bond acceptors (Lipinski definition) is 5. The van der Waals surface area contributed by atoms with Gasteiger partial charge in [-0.1, -0.05) is 17.7 Å². The number of anilines is 1. The first-order chi connectivity index (χ1) is 13.3. The van der Waals surface area contributed by atoms with Crippen LogP contribution in [0.25, 0.3) is 0 Å². The topological polar surface area (TPSA) is 95.6 Å². The molecule has 1 aromatic carbocycles. The van der Waals surface area contributed by atoms with Gasteiger partial charge >= 0.3 is 0 Å². The maximum atomic E-state index is 12.8. The minimum absolute atomic E-state index is 0.0265. The number of piperidine rings is 1. The molecule has 150 valence electrons. The molecule has 2 N–H and O–H groups in total. The van der Waals surface area contributed by atoms with Crippen molar-refractivity contribution in [2.45, 2.75) is 37.6 Å². The fraction of sp³-hybridized carbons (Fsp3) is 0.368. The summed E-state index contributed by atoms with van der Waals surface area (Å²) in [5, 5.41) is 4.50. The Morgan fingerprint density at radius 2 is 1.75 bits per heavy atom. The summed E-state index contributed by atoms with van der Waals surface area (Å²) in [5.41, 5.74) is 1.47. The van der Waals surface area contributed by atoms with Gasteiger partial charge in [0.2, 0.25) is 5.91 Å². The summed E-state index contributed by atoms with van der Waals surface area (Å²) >= 11 is 1.10. The van der Waals surface area contributed by atoms with E-state index in [-0.39, 0.29) is 21.7 Å². The van der Waals surface area contributed by atoms with Gasteiger partial charge in [0.25, 0.3) is 15.9 Å². The number of thiophene rings is 1. The third-order valence-electron chi connectivity index (χ3n) is 4.70. The van der Waals surface area contributed by atoms with Gasteiger partial charge in [-0.2, -0.15) is 0 Å². The van der Waals surface area contributed by atoms with E-state index in [1.165, 1.54) is 13.0 Å². The van der Waals surface area contributed by atoms with Gasteiger partial charge in [-0.25, -0.2) is 8.42 Å². The lowest BCUT2D eigenvalue weighted by atomic mass is 10.0. The standard InChI is InChI=1S/C19H23N3O4S2/c1-13-3-5-16(6-4-13)21-28(25,26)17-9-12-27-18(17)19(24)20-15-7-10-22(11-8-15)14(2)23/h3-6,9,12,15,21H,7-8,10-11H2,1-2H3,(H,20,24). The molecule has 2 aromatic rings. The molecule has 0 saturated carbocycles. The van der Waals surface area contributed by atoms with Crippen LogP contribution in [0.1, 0.15) is 35.0 Å². The Labute approximate surface area is 168 Å². The van der Waals surface area contributed by atoms with E-state index in [1.54, 1.807) is 22.4 Å². The molecule has 28 heavy (non-hydrogen) atoms. The minimum Gasteiger partial charge on any atom is -0.348 e. The van der Waals surface area contributed by atoms with Gasteiger partial charge in [0.05, 0.1) is 0 Å². The first-order valence-corrected chi connectivity index (χ1v) is 11.4. The molecule has 1 aromatic heterocycles. The fourth-order valence-corrected chi connectivity index (χ4v) is 5.49. The van der Waals surface area contributed by atoms with Crippen molar-refractivity contribution in [2.75, 3.05) is 17.8 Å². The SMILES string of the molecule is CC(=O)N1CCC(NC(=O)c2sccc2S(=O)(=O)Nc2ccc(C)cc2)CC1. The number of carbonyl (C=O) groups is 2. The average Bonchev–Trinajstić information content (AvgIpc) is 3.15.